The average Bonchev–Trinajstić information content (AvgIpc) is 1.59. The number of hydrogen-bond donors (Lipinski definition) is 0. The number of hydrogen-bond acceptors (Lipinski definition) is 10. The monoisotopic (exact) mass is 1820 g/mol. The maximum Gasteiger partial charge on any atom is 0.218 e. The molecule has 12 heterocycles. The average molecular weight is 1820 g/mol. The summed E-state index contributed by atoms with van der Waals surface area (Å²) in [5.41, 5.74) is 25.1. The van der Waals surface area contributed by atoms with Gasteiger partial charge in [0.25, 0.3) is 0 Å². The second-order valence-electron chi connectivity index (χ2n) is 27.9. The Morgan fingerprint density at radius 1 is 0.504 bits per heavy atom. The van der Waals surface area contributed by atoms with Gasteiger partial charge in [-0.3, -0.25) is 19.3 Å². The Kier molecular flexibility index (Phi) is 20.8. The second-order valence-corrected chi connectivity index (χ2v) is 29.8. The largest absolute Gasteiger partial charge is 0.473 e. The van der Waals surface area contributed by atoms with E-state index >= 15 is 0 Å². The summed E-state index contributed by atoms with van der Waals surface area (Å²) in [6.07, 6.45) is 9.44. The van der Waals surface area contributed by atoms with Crippen molar-refractivity contribution in [2.24, 2.45) is 14.1 Å². The third kappa shape index (κ3) is 13.6. The number of aromatic nitrogens is 9. The van der Waals surface area contributed by atoms with Crippen molar-refractivity contribution in [2.45, 2.75) is 0 Å². The second kappa shape index (κ2) is 32.0. The molecule has 1 aliphatic rings. The van der Waals surface area contributed by atoms with Gasteiger partial charge in [0.1, 0.15) is 16.2 Å². The van der Waals surface area contributed by atoms with Gasteiger partial charge < -0.3 is 32.5 Å². The van der Waals surface area contributed by atoms with E-state index in [2.05, 4.69) is 313 Å². The molecule has 18 heteroatoms. The van der Waals surface area contributed by atoms with Gasteiger partial charge in [0.05, 0.1) is 65.0 Å². The van der Waals surface area contributed by atoms with Crippen LogP contribution in [-0.4, -0.2) is 45.1 Å². The zero-order valence-corrected chi connectivity index (χ0v) is 68.8. The van der Waals surface area contributed by atoms with Crippen LogP contribution in [0, 0.1) is 42.6 Å². The van der Waals surface area contributed by atoms with Crippen LogP contribution < -0.4 is 19.3 Å². The fourth-order valence-electron chi connectivity index (χ4n) is 15.7. The third-order valence-electron chi connectivity index (χ3n) is 21.1. The van der Waals surface area contributed by atoms with E-state index in [9.17, 15) is 0 Å². The number of rotatable bonds is 11. The van der Waals surface area contributed by atoms with Crippen molar-refractivity contribution < 1.29 is 76.1 Å². The number of nitrogens with zero attached hydrogens (tertiary/aromatic N) is 12. The maximum atomic E-state index is 6.03. The number of benzene rings is 11. The Balaban J connectivity index is 0.000000120. The topological polar surface area (TPSA) is 97.5 Å². The van der Waals surface area contributed by atoms with Crippen LogP contribution >= 0.6 is 22.7 Å². The summed E-state index contributed by atoms with van der Waals surface area (Å²) < 4.78 is 18.0. The first-order chi connectivity index (χ1) is 56.3. The molecule has 0 bridgehead atoms. The van der Waals surface area contributed by atoms with Gasteiger partial charge in [0.2, 0.25) is 5.78 Å². The van der Waals surface area contributed by atoms with E-state index in [-0.39, 0.29) is 67.1 Å². The molecule has 0 fully saturated rings. The summed E-state index contributed by atoms with van der Waals surface area (Å²) in [6.45, 7) is 0. The smallest absolute Gasteiger partial charge is 0.218 e. The van der Waals surface area contributed by atoms with Crippen LogP contribution in [-0.2, 0) is 81.2 Å². The predicted molar refractivity (Wildman–Crippen MR) is 463 cm³/mol. The summed E-state index contributed by atoms with van der Waals surface area (Å²) in [5, 5.41) is 7.71. The Labute approximate surface area is 729 Å². The van der Waals surface area contributed by atoms with Crippen LogP contribution in [0.1, 0.15) is 0 Å². The summed E-state index contributed by atoms with van der Waals surface area (Å²) in [5.74, 6) is 2.54. The molecule has 3 radical (unpaired) electrons. The van der Waals surface area contributed by atoms with Gasteiger partial charge in [-0.15, -0.1) is 197 Å². The van der Waals surface area contributed by atoms with Gasteiger partial charge >= 0.3 is 0 Å². The number of para-hydroxylation sites is 7. The molecule has 577 valence electrons. The molecule has 117 heavy (non-hydrogen) atoms. The van der Waals surface area contributed by atoms with E-state index < -0.39 is 0 Å². The summed E-state index contributed by atoms with van der Waals surface area (Å²) in [7, 11) is 6.24. The maximum absolute atomic E-state index is 6.03. The molecule has 1 aliphatic heterocycles. The van der Waals surface area contributed by atoms with Crippen LogP contribution in [0.4, 0.5) is 45.1 Å². The number of fused-ring (bicyclic) bond motifs is 12. The number of pyridine rings is 3. The SMILES string of the molecule is CN1c2ccccc2N(c2[c-]c(-c3cn(C)c4c3[cH-]c[n+]4C)ccc2)c2nc3c(-c4[c-]cccc4)coc3cc21.[Ag].[Ag].[Ag].[c-]1ccccc1-c1cccc(N(c2ccccc2)c2[c-]c3c(-c4ccc5ccccc5n4)cccc3s2)n1.[c-]1ccccc1-c1csc2c1nc1n(-c3[c-]c(-n4[c-]cc5ccccc54)ccc3)c3ccccc3n21. The first-order valence-electron chi connectivity index (χ1n) is 37.4. The summed E-state index contributed by atoms with van der Waals surface area (Å²) in [4.78, 5) is 28.2. The van der Waals surface area contributed by atoms with Gasteiger partial charge in [-0.1, -0.05) is 142 Å². The molecule has 0 unspecified atom stereocenters. The van der Waals surface area contributed by atoms with Crippen LogP contribution in [0.2, 0.25) is 0 Å². The fourth-order valence-corrected chi connectivity index (χ4v) is 17.8. The zero-order valence-electron chi connectivity index (χ0n) is 62.7. The van der Waals surface area contributed by atoms with Crippen molar-refractivity contribution >= 4 is 149 Å². The van der Waals surface area contributed by atoms with E-state index in [1.165, 1.54) is 11.0 Å². The van der Waals surface area contributed by atoms with Crippen LogP contribution in [0.25, 0.3) is 148 Å². The molecule has 23 rings (SSSR count). The van der Waals surface area contributed by atoms with Gasteiger partial charge in [-0.25, -0.2) is 21.3 Å². The standard InChI is InChI=1S/C34H25N5O.C34H21N3S.C31H17N4S.3Ag/c1-36-17-16-25-26(20-37(2)34(25)36)23-12-9-13-24(18-23)39-29-15-8-7-14-28(29)38(3)30-19-31-32(35-33(30)39)27(21-40-31)22-10-5-4-6-11-22;1-3-11-24(12-4-1)30-18-10-20-33(36-30)37(26-14-5-2-6-15-26)34-23-28-27(16-9-19-32(28)38-34)31-22-21-25-13-7-8-17-29(25)35-31;1-2-9-21(10-3-1)25-20-36-30-29(25)32-31-34(27-15-6-7-16-28(27)35(30)31)24-13-8-12-23(19-24)33-18-17-22-11-4-5-14-26(22)33;;;/h4-10,12-17,19-21H,1-3H3;1-11,13-22H;1-9,11-17,20H;;;/q2*-2;-3;;;. The first kappa shape index (κ1) is 75.9. The van der Waals surface area contributed by atoms with Crippen LogP contribution in [0.15, 0.2) is 332 Å². The molecule has 11 aromatic carbocycles. The quantitative estimate of drug-likeness (QED) is 0.0718. The van der Waals surface area contributed by atoms with Crippen molar-refractivity contribution in [1.82, 2.24) is 38.0 Å². The number of furan rings is 1. The Hall–Kier alpha value is -12.4. The number of imidazole rings is 2. The molecule has 0 N–H and O–H groups in total. The van der Waals surface area contributed by atoms with E-state index in [1.807, 2.05) is 109 Å². The normalized spacial score (nSPS) is 11.6. The molecule has 0 saturated heterocycles. The Bertz CT molecular complexity index is 7410. The van der Waals surface area contributed by atoms with Crippen molar-refractivity contribution in [1.29, 1.82) is 0 Å². The Morgan fingerprint density at radius 2 is 1.18 bits per heavy atom. The molecule has 22 aromatic rings. The van der Waals surface area contributed by atoms with Gasteiger partial charge in [-0.05, 0) is 76.9 Å². The number of thiophene rings is 2. The molecule has 0 saturated carbocycles. The van der Waals surface area contributed by atoms with Crippen LogP contribution in [0.5, 0.6) is 0 Å². The first-order valence-corrected chi connectivity index (χ1v) is 39.1. The molecular weight excluding hydrogens is 1760 g/mol. The number of aryl methyl sites for hydroxylation is 2. The van der Waals surface area contributed by atoms with Crippen molar-refractivity contribution in [3.05, 3.63) is 370 Å². The van der Waals surface area contributed by atoms with E-state index in [0.717, 1.165) is 182 Å². The van der Waals surface area contributed by atoms with E-state index in [1.54, 1.807) is 28.9 Å². The van der Waals surface area contributed by atoms with Crippen molar-refractivity contribution in [3.63, 3.8) is 0 Å². The predicted octanol–water partition coefficient (Wildman–Crippen LogP) is 24.1. The number of anilines is 8. The molecule has 11 aromatic heterocycles. The van der Waals surface area contributed by atoms with Crippen LogP contribution in [0.3, 0.4) is 0 Å². The summed E-state index contributed by atoms with van der Waals surface area (Å²) >= 11 is 3.42. The third-order valence-corrected chi connectivity index (χ3v) is 23.1. The minimum absolute atomic E-state index is 0. The van der Waals surface area contributed by atoms with E-state index in [4.69, 9.17) is 24.4 Å². The molecule has 0 spiro atoms. The minimum Gasteiger partial charge on any atom is -0.473 e. The van der Waals surface area contributed by atoms with Crippen molar-refractivity contribution in [2.75, 3.05) is 21.7 Å². The molecule has 0 atom stereocenters. The molecule has 0 amide bonds. The zero-order chi connectivity index (χ0) is 75.9. The fraction of sp³-hybridized carbons (Fsp3) is 0.0303. The minimum atomic E-state index is 0. The summed E-state index contributed by atoms with van der Waals surface area (Å²) in [6, 6.07) is 124. The molecular formula is C99H63Ag3N12OS2-7. The van der Waals surface area contributed by atoms with Gasteiger partial charge in [-0.2, -0.15) is 34.8 Å². The van der Waals surface area contributed by atoms with Crippen molar-refractivity contribution in [3.8, 4) is 67.3 Å². The van der Waals surface area contributed by atoms with Gasteiger partial charge in [0, 0.05) is 114 Å². The van der Waals surface area contributed by atoms with Gasteiger partial charge in [0.15, 0.2) is 11.5 Å². The molecule has 0 aliphatic carbocycles. The Morgan fingerprint density at radius 3 is 1.98 bits per heavy atom. The molecule has 13 nitrogen and oxygen atoms in total. The van der Waals surface area contributed by atoms with E-state index in [0.29, 0.717) is 0 Å².